The first-order valence-corrected chi connectivity index (χ1v) is 10.9. The molecule has 0 aliphatic carbocycles. The minimum atomic E-state index is -0.839. The number of rotatable bonds is 5. The lowest BCUT2D eigenvalue weighted by atomic mass is 10.1. The van der Waals surface area contributed by atoms with Crippen LogP contribution in [0.4, 0.5) is 20.2 Å². The van der Waals surface area contributed by atoms with E-state index < -0.39 is 11.6 Å². The van der Waals surface area contributed by atoms with Crippen LogP contribution in [0.25, 0.3) is 10.2 Å². The summed E-state index contributed by atoms with van der Waals surface area (Å²) in [4.78, 5) is 19.9. The highest BCUT2D eigenvalue weighted by molar-refractivity contribution is 7.21. The van der Waals surface area contributed by atoms with Crippen LogP contribution in [-0.2, 0) is 6.42 Å². The number of benzene rings is 1. The topological polar surface area (TPSA) is 71.2 Å². The lowest BCUT2D eigenvalue weighted by Crippen LogP contribution is -2.30. The summed E-state index contributed by atoms with van der Waals surface area (Å²) in [5, 5.41) is 3.50. The van der Waals surface area contributed by atoms with Gasteiger partial charge >= 0.3 is 0 Å². The largest absolute Gasteiger partial charge is 0.397 e. The van der Waals surface area contributed by atoms with Crippen molar-refractivity contribution in [2.75, 3.05) is 30.3 Å². The molecule has 0 radical (unpaired) electrons. The van der Waals surface area contributed by atoms with Crippen LogP contribution in [0.5, 0.6) is 0 Å². The first kappa shape index (κ1) is 20.5. The van der Waals surface area contributed by atoms with Crippen LogP contribution >= 0.6 is 11.3 Å². The highest BCUT2D eigenvalue weighted by Gasteiger charge is 2.20. The smallest absolute Gasteiger partial charge is 0.263 e. The zero-order valence-electron chi connectivity index (χ0n) is 16.8. The van der Waals surface area contributed by atoms with E-state index in [0.29, 0.717) is 21.1 Å². The number of piperidine rings is 1. The second kappa shape index (κ2) is 8.55. The number of anilines is 2. The highest BCUT2D eigenvalue weighted by atomic mass is 32.1. The van der Waals surface area contributed by atoms with Crippen molar-refractivity contribution in [1.29, 1.82) is 0 Å². The Balaban J connectivity index is 1.42. The molecule has 4 rings (SSSR count). The van der Waals surface area contributed by atoms with Crippen molar-refractivity contribution >= 4 is 38.8 Å². The van der Waals surface area contributed by atoms with E-state index >= 15 is 0 Å². The van der Waals surface area contributed by atoms with Crippen molar-refractivity contribution in [3.63, 3.8) is 0 Å². The molecule has 1 saturated heterocycles. The summed E-state index contributed by atoms with van der Waals surface area (Å²) in [6, 6.07) is 6.94. The second-order valence-electron chi connectivity index (χ2n) is 7.58. The van der Waals surface area contributed by atoms with Gasteiger partial charge in [0, 0.05) is 30.7 Å². The number of nitrogen functional groups attached to an aromatic ring is 1. The summed E-state index contributed by atoms with van der Waals surface area (Å²) in [6.07, 6.45) is 3.30. The Kier molecular flexibility index (Phi) is 5.85. The first-order valence-electron chi connectivity index (χ1n) is 10.1. The van der Waals surface area contributed by atoms with Gasteiger partial charge in [0.1, 0.15) is 9.71 Å². The van der Waals surface area contributed by atoms with Gasteiger partial charge in [0.2, 0.25) is 0 Å². The van der Waals surface area contributed by atoms with Gasteiger partial charge in [-0.2, -0.15) is 0 Å². The maximum Gasteiger partial charge on any atom is 0.263 e. The molecule has 0 bridgehead atoms. The van der Waals surface area contributed by atoms with Crippen molar-refractivity contribution in [1.82, 2.24) is 10.3 Å². The fourth-order valence-electron chi connectivity index (χ4n) is 3.80. The van der Waals surface area contributed by atoms with Gasteiger partial charge in [0.25, 0.3) is 5.91 Å². The molecule has 3 heterocycles. The first-order chi connectivity index (χ1) is 14.5. The fourth-order valence-corrected chi connectivity index (χ4v) is 4.86. The number of fused-ring (bicyclic) bond motifs is 1. The number of amides is 1. The zero-order valence-corrected chi connectivity index (χ0v) is 17.6. The lowest BCUT2D eigenvalue weighted by Gasteiger charge is -2.29. The van der Waals surface area contributed by atoms with Crippen LogP contribution < -0.4 is 16.0 Å². The SMILES string of the molecule is Cc1ccc2c(N)c(C(=O)NCCc3ccc(N4CCCCC4)c(F)c3F)sc2n1. The third-order valence-corrected chi connectivity index (χ3v) is 6.57. The van der Waals surface area contributed by atoms with E-state index in [2.05, 4.69) is 10.3 Å². The molecule has 1 aromatic carbocycles. The Bertz CT molecular complexity index is 1090. The van der Waals surface area contributed by atoms with E-state index in [9.17, 15) is 13.6 Å². The lowest BCUT2D eigenvalue weighted by molar-refractivity contribution is 0.0959. The number of thiophene rings is 1. The minimum absolute atomic E-state index is 0.179. The molecular weight excluding hydrogens is 406 g/mol. The molecule has 1 fully saturated rings. The molecule has 5 nitrogen and oxygen atoms in total. The van der Waals surface area contributed by atoms with Crippen molar-refractivity contribution in [2.45, 2.75) is 32.6 Å². The number of carbonyl (C=O) groups excluding carboxylic acids is 1. The molecule has 158 valence electrons. The Morgan fingerprint density at radius 3 is 2.70 bits per heavy atom. The van der Waals surface area contributed by atoms with Crippen LogP contribution in [0.2, 0.25) is 0 Å². The Labute approximate surface area is 177 Å². The Morgan fingerprint density at radius 2 is 1.93 bits per heavy atom. The van der Waals surface area contributed by atoms with Crippen LogP contribution in [0.15, 0.2) is 24.3 Å². The summed E-state index contributed by atoms with van der Waals surface area (Å²) in [7, 11) is 0. The third-order valence-electron chi connectivity index (χ3n) is 5.46. The summed E-state index contributed by atoms with van der Waals surface area (Å²) in [5.74, 6) is -1.98. The number of hydrogen-bond donors (Lipinski definition) is 2. The predicted octanol–water partition coefficient (Wildman–Crippen LogP) is 4.43. The Morgan fingerprint density at radius 1 is 1.17 bits per heavy atom. The molecule has 8 heteroatoms. The molecule has 0 saturated carbocycles. The van der Waals surface area contributed by atoms with E-state index in [1.807, 2.05) is 24.0 Å². The van der Waals surface area contributed by atoms with E-state index in [4.69, 9.17) is 5.73 Å². The van der Waals surface area contributed by atoms with Crippen molar-refractivity contribution in [3.8, 4) is 0 Å². The summed E-state index contributed by atoms with van der Waals surface area (Å²) in [5.41, 5.74) is 7.91. The molecule has 0 atom stereocenters. The fraction of sp³-hybridized carbons (Fsp3) is 0.364. The van der Waals surface area contributed by atoms with Gasteiger partial charge in [-0.25, -0.2) is 13.8 Å². The van der Waals surface area contributed by atoms with Gasteiger partial charge < -0.3 is 16.0 Å². The number of aromatic nitrogens is 1. The van der Waals surface area contributed by atoms with Gasteiger partial charge in [-0.15, -0.1) is 11.3 Å². The monoisotopic (exact) mass is 430 g/mol. The number of hydrogen-bond acceptors (Lipinski definition) is 5. The van der Waals surface area contributed by atoms with Gasteiger partial charge in [0.05, 0.1) is 11.4 Å². The molecule has 0 unspecified atom stereocenters. The molecule has 2 aromatic heterocycles. The van der Waals surface area contributed by atoms with Gasteiger partial charge in [-0.1, -0.05) is 6.07 Å². The molecule has 0 spiro atoms. The summed E-state index contributed by atoms with van der Waals surface area (Å²) < 4.78 is 29.1. The predicted molar refractivity (Wildman–Crippen MR) is 117 cm³/mol. The highest BCUT2D eigenvalue weighted by Crippen LogP contribution is 2.32. The maximum atomic E-state index is 14.6. The summed E-state index contributed by atoms with van der Waals surface area (Å²) >= 11 is 1.23. The number of carbonyl (C=O) groups is 1. The molecule has 1 amide bonds. The van der Waals surface area contributed by atoms with Crippen LogP contribution in [0, 0.1) is 18.6 Å². The van der Waals surface area contributed by atoms with E-state index in [0.717, 1.165) is 43.4 Å². The standard InChI is InChI=1S/C22H24F2N4OS/c1-13-5-7-15-19(25)20(30-22(15)27-13)21(29)26-10-9-14-6-8-16(18(24)17(14)23)28-11-3-2-4-12-28/h5-8H,2-4,9-12,25H2,1H3,(H,26,29). The number of nitrogens with two attached hydrogens (primary N) is 1. The molecule has 30 heavy (non-hydrogen) atoms. The average molecular weight is 431 g/mol. The van der Waals surface area contributed by atoms with Gasteiger partial charge in [-0.05, 0) is 56.4 Å². The van der Waals surface area contributed by atoms with Gasteiger partial charge in [0.15, 0.2) is 11.6 Å². The number of halogens is 2. The van der Waals surface area contributed by atoms with Crippen LogP contribution in [-0.4, -0.2) is 30.5 Å². The third kappa shape index (κ3) is 3.96. The zero-order chi connectivity index (χ0) is 21.3. The Hall–Kier alpha value is -2.74. The molecule has 1 aliphatic heterocycles. The van der Waals surface area contributed by atoms with Crippen molar-refractivity contribution in [2.24, 2.45) is 0 Å². The van der Waals surface area contributed by atoms with E-state index in [1.165, 1.54) is 11.3 Å². The van der Waals surface area contributed by atoms with Gasteiger partial charge in [-0.3, -0.25) is 4.79 Å². The molecule has 3 aromatic rings. The number of aryl methyl sites for hydroxylation is 1. The molecular formula is C22H24F2N4OS. The molecule has 1 aliphatic rings. The van der Waals surface area contributed by atoms with Crippen molar-refractivity contribution in [3.05, 3.63) is 52.0 Å². The number of pyridine rings is 1. The van der Waals surface area contributed by atoms with Crippen LogP contribution in [0.3, 0.4) is 0 Å². The average Bonchev–Trinajstić information content (AvgIpc) is 3.07. The number of nitrogens with zero attached hydrogens (tertiary/aromatic N) is 2. The minimum Gasteiger partial charge on any atom is -0.397 e. The van der Waals surface area contributed by atoms with E-state index in [-0.39, 0.29) is 24.4 Å². The normalized spacial score (nSPS) is 14.3. The number of nitrogens with one attached hydrogen (secondary N) is 1. The van der Waals surface area contributed by atoms with Crippen LogP contribution in [0.1, 0.15) is 40.2 Å². The quantitative estimate of drug-likeness (QED) is 0.628. The molecule has 3 N–H and O–H groups in total. The maximum absolute atomic E-state index is 14.6. The summed E-state index contributed by atoms with van der Waals surface area (Å²) in [6.45, 7) is 3.55. The second-order valence-corrected chi connectivity index (χ2v) is 8.57. The van der Waals surface area contributed by atoms with E-state index in [1.54, 1.807) is 12.1 Å². The van der Waals surface area contributed by atoms with Crippen molar-refractivity contribution < 1.29 is 13.6 Å².